The van der Waals surface area contributed by atoms with Crippen LogP contribution in [0.1, 0.15) is 44.7 Å². The molecule has 0 bridgehead atoms. The van der Waals surface area contributed by atoms with Gasteiger partial charge in [0.2, 0.25) is 11.8 Å². The Kier molecular flexibility index (Phi) is 5.58. The molecule has 7 nitrogen and oxygen atoms in total. The van der Waals surface area contributed by atoms with E-state index in [0.29, 0.717) is 26.1 Å². The fourth-order valence-corrected chi connectivity index (χ4v) is 3.39. The Morgan fingerprint density at radius 2 is 1.96 bits per heavy atom. The minimum atomic E-state index is -0.479. The van der Waals surface area contributed by atoms with E-state index in [2.05, 4.69) is 15.4 Å². The van der Waals surface area contributed by atoms with Crippen molar-refractivity contribution in [2.24, 2.45) is 5.41 Å². The van der Waals surface area contributed by atoms with E-state index in [9.17, 15) is 9.59 Å². The van der Waals surface area contributed by atoms with Crippen molar-refractivity contribution in [3.05, 3.63) is 48.0 Å². The molecule has 1 fully saturated rings. The quantitative estimate of drug-likeness (QED) is 0.874. The van der Waals surface area contributed by atoms with Crippen LogP contribution in [-0.4, -0.2) is 44.1 Å². The van der Waals surface area contributed by atoms with Crippen molar-refractivity contribution in [2.45, 2.75) is 52.7 Å². The van der Waals surface area contributed by atoms with E-state index in [1.54, 1.807) is 15.9 Å². The molecule has 27 heavy (non-hydrogen) atoms. The van der Waals surface area contributed by atoms with Crippen LogP contribution in [0.15, 0.2) is 36.9 Å². The molecule has 1 aliphatic heterocycles. The van der Waals surface area contributed by atoms with Crippen LogP contribution in [-0.2, 0) is 22.7 Å². The van der Waals surface area contributed by atoms with Gasteiger partial charge in [-0.2, -0.15) is 5.10 Å². The molecule has 0 saturated carbocycles. The molecule has 2 heterocycles. The van der Waals surface area contributed by atoms with Crippen LogP contribution in [0.25, 0.3) is 0 Å². The van der Waals surface area contributed by atoms with Crippen molar-refractivity contribution < 1.29 is 9.59 Å². The van der Waals surface area contributed by atoms with Gasteiger partial charge in [0.15, 0.2) is 0 Å². The topological polar surface area (TPSA) is 80.1 Å². The second-order valence-electron chi connectivity index (χ2n) is 7.99. The second kappa shape index (κ2) is 7.90. The number of benzene rings is 1. The van der Waals surface area contributed by atoms with Crippen LogP contribution < -0.4 is 5.32 Å². The molecule has 1 aromatic heterocycles. The number of rotatable bonds is 5. The summed E-state index contributed by atoms with van der Waals surface area (Å²) in [7, 11) is 0. The van der Waals surface area contributed by atoms with Gasteiger partial charge < -0.3 is 10.2 Å². The van der Waals surface area contributed by atoms with E-state index in [1.165, 1.54) is 6.33 Å². The zero-order valence-corrected chi connectivity index (χ0v) is 16.2. The Labute approximate surface area is 159 Å². The minimum absolute atomic E-state index is 0.0340. The van der Waals surface area contributed by atoms with E-state index in [4.69, 9.17) is 0 Å². The Bertz CT molecular complexity index is 795. The highest BCUT2D eigenvalue weighted by Gasteiger charge is 2.38. The lowest BCUT2D eigenvalue weighted by atomic mass is 9.94. The first-order chi connectivity index (χ1) is 12.9. The average Bonchev–Trinajstić information content (AvgIpc) is 3.31. The molecule has 0 spiro atoms. The van der Waals surface area contributed by atoms with E-state index < -0.39 is 5.41 Å². The molecule has 1 aliphatic rings. The molecular weight excluding hydrogens is 342 g/mol. The SMILES string of the molecule is CC(C)(C)C(=O)N1CCCC1C(=O)NCc1ccccc1Cn1cncn1. The number of likely N-dealkylation sites (tertiary alicyclic amines) is 1. The summed E-state index contributed by atoms with van der Waals surface area (Å²) in [6.07, 6.45) is 4.76. The Hall–Kier alpha value is -2.70. The van der Waals surface area contributed by atoms with Crippen LogP contribution in [0.4, 0.5) is 0 Å². The van der Waals surface area contributed by atoms with Gasteiger partial charge >= 0.3 is 0 Å². The molecule has 1 atom stereocenters. The van der Waals surface area contributed by atoms with E-state index in [1.807, 2.05) is 45.0 Å². The number of carbonyl (C=O) groups excluding carboxylic acids is 2. The van der Waals surface area contributed by atoms with Crippen molar-refractivity contribution in [1.29, 1.82) is 0 Å². The maximum Gasteiger partial charge on any atom is 0.243 e. The van der Waals surface area contributed by atoms with Gasteiger partial charge in [-0.15, -0.1) is 0 Å². The van der Waals surface area contributed by atoms with Gasteiger partial charge in [0.25, 0.3) is 0 Å². The number of aromatic nitrogens is 3. The highest BCUT2D eigenvalue weighted by Crippen LogP contribution is 2.25. The molecule has 1 N–H and O–H groups in total. The number of nitrogens with zero attached hydrogens (tertiary/aromatic N) is 4. The third-order valence-corrected chi connectivity index (χ3v) is 4.83. The largest absolute Gasteiger partial charge is 0.350 e. The summed E-state index contributed by atoms with van der Waals surface area (Å²) >= 11 is 0. The first-order valence-corrected chi connectivity index (χ1v) is 9.34. The fourth-order valence-electron chi connectivity index (χ4n) is 3.39. The summed E-state index contributed by atoms with van der Waals surface area (Å²) in [5, 5.41) is 7.16. The fraction of sp³-hybridized carbons (Fsp3) is 0.500. The molecule has 2 aromatic rings. The Morgan fingerprint density at radius 1 is 1.22 bits per heavy atom. The summed E-state index contributed by atoms with van der Waals surface area (Å²) in [4.78, 5) is 31.1. The van der Waals surface area contributed by atoms with Crippen molar-refractivity contribution in [3.63, 3.8) is 0 Å². The molecular formula is C20H27N5O2. The number of amides is 2. The maximum atomic E-state index is 12.8. The van der Waals surface area contributed by atoms with Crippen molar-refractivity contribution >= 4 is 11.8 Å². The van der Waals surface area contributed by atoms with Gasteiger partial charge in [0.1, 0.15) is 18.7 Å². The van der Waals surface area contributed by atoms with Gasteiger partial charge in [-0.05, 0) is 24.0 Å². The molecule has 3 rings (SSSR count). The van der Waals surface area contributed by atoms with Crippen molar-refractivity contribution in [2.75, 3.05) is 6.54 Å². The smallest absolute Gasteiger partial charge is 0.243 e. The maximum absolute atomic E-state index is 12.8. The van der Waals surface area contributed by atoms with Crippen LogP contribution in [0, 0.1) is 5.41 Å². The number of nitrogens with one attached hydrogen (secondary N) is 1. The number of carbonyl (C=O) groups is 2. The van der Waals surface area contributed by atoms with E-state index in [-0.39, 0.29) is 17.9 Å². The van der Waals surface area contributed by atoms with Gasteiger partial charge in [-0.1, -0.05) is 45.0 Å². The average molecular weight is 369 g/mol. The third-order valence-electron chi connectivity index (χ3n) is 4.83. The molecule has 2 amide bonds. The molecule has 144 valence electrons. The lowest BCUT2D eigenvalue weighted by Crippen LogP contribution is -2.49. The van der Waals surface area contributed by atoms with Crippen LogP contribution in [0.3, 0.4) is 0 Å². The highest BCUT2D eigenvalue weighted by molar-refractivity contribution is 5.90. The first-order valence-electron chi connectivity index (χ1n) is 9.34. The molecule has 0 radical (unpaired) electrons. The normalized spacial score (nSPS) is 17.1. The standard InChI is InChI=1S/C20H27N5O2/c1-20(2,3)19(27)25-10-6-9-17(25)18(26)22-11-15-7-4-5-8-16(15)12-24-14-21-13-23-24/h4-5,7-8,13-14,17H,6,9-12H2,1-3H3,(H,22,26). The Morgan fingerprint density at radius 3 is 2.63 bits per heavy atom. The highest BCUT2D eigenvalue weighted by atomic mass is 16.2. The lowest BCUT2D eigenvalue weighted by Gasteiger charge is -2.30. The minimum Gasteiger partial charge on any atom is -0.350 e. The van der Waals surface area contributed by atoms with Gasteiger partial charge in [0, 0.05) is 18.5 Å². The number of hydrogen-bond donors (Lipinski definition) is 1. The zero-order valence-electron chi connectivity index (χ0n) is 16.2. The molecule has 7 heteroatoms. The summed E-state index contributed by atoms with van der Waals surface area (Å²) in [5.41, 5.74) is 1.64. The third kappa shape index (κ3) is 4.53. The van der Waals surface area contributed by atoms with E-state index >= 15 is 0 Å². The van der Waals surface area contributed by atoms with Crippen LogP contribution >= 0.6 is 0 Å². The molecule has 0 aliphatic carbocycles. The van der Waals surface area contributed by atoms with Gasteiger partial charge in [-0.25, -0.2) is 9.67 Å². The summed E-state index contributed by atoms with van der Waals surface area (Å²) < 4.78 is 1.75. The van der Waals surface area contributed by atoms with Gasteiger partial charge in [-0.3, -0.25) is 9.59 Å². The second-order valence-corrected chi connectivity index (χ2v) is 7.99. The summed E-state index contributed by atoms with van der Waals surface area (Å²) in [5.74, 6) is -0.0487. The predicted octanol–water partition coefficient (Wildman–Crippen LogP) is 1.98. The molecule has 1 saturated heterocycles. The van der Waals surface area contributed by atoms with E-state index in [0.717, 1.165) is 17.5 Å². The first kappa shape index (κ1) is 19.1. The monoisotopic (exact) mass is 369 g/mol. The summed E-state index contributed by atoms with van der Waals surface area (Å²) in [6.45, 7) is 7.36. The Balaban J connectivity index is 1.65. The molecule has 1 aromatic carbocycles. The zero-order chi connectivity index (χ0) is 19.4. The van der Waals surface area contributed by atoms with Gasteiger partial charge in [0.05, 0.1) is 6.54 Å². The van der Waals surface area contributed by atoms with Crippen LogP contribution in [0.5, 0.6) is 0 Å². The number of hydrogen-bond acceptors (Lipinski definition) is 4. The van der Waals surface area contributed by atoms with Crippen molar-refractivity contribution in [1.82, 2.24) is 25.0 Å². The van der Waals surface area contributed by atoms with Crippen LogP contribution in [0.2, 0.25) is 0 Å². The molecule has 1 unspecified atom stereocenters. The predicted molar refractivity (Wildman–Crippen MR) is 102 cm³/mol. The lowest BCUT2D eigenvalue weighted by molar-refractivity contribution is -0.144. The van der Waals surface area contributed by atoms with Crippen molar-refractivity contribution in [3.8, 4) is 0 Å². The summed E-state index contributed by atoms with van der Waals surface area (Å²) in [6, 6.07) is 7.57.